The van der Waals surface area contributed by atoms with Crippen LogP contribution in [0.25, 0.3) is 11.0 Å². The van der Waals surface area contributed by atoms with E-state index >= 15 is 0 Å². The van der Waals surface area contributed by atoms with Gasteiger partial charge in [-0.05, 0) is 25.6 Å². The number of aliphatic hydroxyl groups excluding tert-OH is 1. The van der Waals surface area contributed by atoms with Crippen molar-refractivity contribution in [2.45, 2.75) is 26.8 Å². The summed E-state index contributed by atoms with van der Waals surface area (Å²) in [6.45, 7) is 7.24. The second kappa shape index (κ2) is 7.26. The Bertz CT molecular complexity index is 551. The number of hydrogen-bond acceptors (Lipinski definition) is 4. The number of benzene rings is 1. The number of imidazole rings is 1. The van der Waals surface area contributed by atoms with E-state index in [0.717, 1.165) is 42.1 Å². The Balaban J connectivity index is 2.31. The molecular weight excluding hydrogens is 254 g/mol. The predicted octanol–water partition coefficient (Wildman–Crippen LogP) is 1.58. The van der Waals surface area contributed by atoms with Crippen molar-refractivity contribution in [3.63, 3.8) is 0 Å². The third-order valence-corrected chi connectivity index (χ3v) is 3.21. The molecule has 0 fully saturated rings. The maximum absolute atomic E-state index is 9.24. The van der Waals surface area contributed by atoms with Crippen LogP contribution in [0.15, 0.2) is 18.2 Å². The van der Waals surface area contributed by atoms with Crippen molar-refractivity contribution in [3.05, 3.63) is 24.0 Å². The monoisotopic (exact) mass is 277 g/mol. The van der Waals surface area contributed by atoms with E-state index in [9.17, 15) is 5.11 Å². The molecule has 0 aliphatic carbocycles. The van der Waals surface area contributed by atoms with Crippen molar-refractivity contribution < 1.29 is 9.84 Å². The Morgan fingerprint density at radius 1 is 1.35 bits per heavy atom. The smallest absolute Gasteiger partial charge is 0.121 e. The average Bonchev–Trinajstić information content (AvgIpc) is 2.78. The van der Waals surface area contributed by atoms with Crippen molar-refractivity contribution in [1.29, 1.82) is 0 Å². The lowest BCUT2D eigenvalue weighted by atomic mass is 10.3. The molecule has 0 bridgehead atoms. The molecule has 0 atom stereocenters. The van der Waals surface area contributed by atoms with Gasteiger partial charge in [-0.2, -0.15) is 0 Å². The highest BCUT2D eigenvalue weighted by atomic mass is 16.5. The highest BCUT2D eigenvalue weighted by Crippen LogP contribution is 2.22. The Hall–Kier alpha value is -1.59. The first-order chi connectivity index (χ1) is 9.80. The Morgan fingerprint density at radius 2 is 2.20 bits per heavy atom. The Kier molecular flexibility index (Phi) is 5.38. The van der Waals surface area contributed by atoms with Gasteiger partial charge in [0.15, 0.2) is 0 Å². The van der Waals surface area contributed by atoms with Gasteiger partial charge in [0.25, 0.3) is 0 Å². The van der Waals surface area contributed by atoms with Gasteiger partial charge in [-0.3, -0.25) is 0 Å². The SMILES string of the molecule is CCNCCc1nc2cc(OCC)ccc2n1CCO. The predicted molar refractivity (Wildman–Crippen MR) is 80.2 cm³/mol. The summed E-state index contributed by atoms with van der Waals surface area (Å²) >= 11 is 0. The van der Waals surface area contributed by atoms with E-state index in [1.807, 2.05) is 25.1 Å². The number of aliphatic hydroxyl groups is 1. The highest BCUT2D eigenvalue weighted by Gasteiger charge is 2.11. The number of aromatic nitrogens is 2. The first-order valence-electron chi connectivity index (χ1n) is 7.23. The number of rotatable bonds is 8. The van der Waals surface area contributed by atoms with Crippen molar-refractivity contribution in [1.82, 2.24) is 14.9 Å². The fraction of sp³-hybridized carbons (Fsp3) is 0.533. The minimum Gasteiger partial charge on any atom is -0.494 e. The molecule has 5 heteroatoms. The second-order valence-electron chi connectivity index (χ2n) is 4.59. The van der Waals surface area contributed by atoms with Gasteiger partial charge in [0.05, 0.1) is 24.2 Å². The molecule has 0 radical (unpaired) electrons. The molecule has 1 aromatic carbocycles. The molecule has 2 rings (SSSR count). The number of likely N-dealkylation sites (N-methyl/N-ethyl adjacent to an activating group) is 1. The summed E-state index contributed by atoms with van der Waals surface area (Å²) in [4.78, 5) is 4.68. The fourth-order valence-corrected chi connectivity index (χ4v) is 2.33. The van der Waals surface area contributed by atoms with E-state index in [2.05, 4.69) is 21.8 Å². The zero-order valence-corrected chi connectivity index (χ0v) is 12.2. The van der Waals surface area contributed by atoms with Crippen LogP contribution in [0.1, 0.15) is 19.7 Å². The minimum absolute atomic E-state index is 0.118. The molecule has 110 valence electrons. The van der Waals surface area contributed by atoms with Crippen LogP contribution in [0.2, 0.25) is 0 Å². The first-order valence-corrected chi connectivity index (χ1v) is 7.23. The molecule has 1 aromatic heterocycles. The molecule has 0 aliphatic rings. The summed E-state index contributed by atoms with van der Waals surface area (Å²) in [6.07, 6.45) is 0.854. The molecule has 0 aliphatic heterocycles. The summed E-state index contributed by atoms with van der Waals surface area (Å²) in [5.41, 5.74) is 1.98. The van der Waals surface area contributed by atoms with Gasteiger partial charge in [-0.1, -0.05) is 6.92 Å². The summed E-state index contributed by atoms with van der Waals surface area (Å²) in [6, 6.07) is 5.93. The lowest BCUT2D eigenvalue weighted by Crippen LogP contribution is -2.18. The van der Waals surface area contributed by atoms with Crippen LogP contribution in [-0.4, -0.2) is 41.0 Å². The quantitative estimate of drug-likeness (QED) is 0.719. The lowest BCUT2D eigenvalue weighted by Gasteiger charge is -2.08. The van der Waals surface area contributed by atoms with Gasteiger partial charge in [0, 0.05) is 25.6 Å². The molecule has 0 saturated heterocycles. The second-order valence-corrected chi connectivity index (χ2v) is 4.59. The summed E-state index contributed by atoms with van der Waals surface area (Å²) in [7, 11) is 0. The topological polar surface area (TPSA) is 59.3 Å². The van der Waals surface area contributed by atoms with Crippen LogP contribution in [0, 0.1) is 0 Å². The van der Waals surface area contributed by atoms with E-state index in [1.165, 1.54) is 0 Å². The van der Waals surface area contributed by atoms with Gasteiger partial charge < -0.3 is 19.7 Å². The van der Waals surface area contributed by atoms with Crippen LogP contribution in [0.4, 0.5) is 0 Å². The van der Waals surface area contributed by atoms with Crippen LogP contribution in [0.3, 0.4) is 0 Å². The highest BCUT2D eigenvalue weighted by molar-refractivity contribution is 5.77. The van der Waals surface area contributed by atoms with Crippen molar-refractivity contribution in [3.8, 4) is 5.75 Å². The van der Waals surface area contributed by atoms with E-state index in [0.29, 0.717) is 13.2 Å². The van der Waals surface area contributed by atoms with Crippen molar-refractivity contribution in [2.75, 3.05) is 26.3 Å². The van der Waals surface area contributed by atoms with Gasteiger partial charge >= 0.3 is 0 Å². The lowest BCUT2D eigenvalue weighted by molar-refractivity contribution is 0.276. The van der Waals surface area contributed by atoms with Gasteiger partial charge in [-0.15, -0.1) is 0 Å². The molecule has 2 aromatic rings. The van der Waals surface area contributed by atoms with Gasteiger partial charge in [0.2, 0.25) is 0 Å². The Labute approximate surface area is 119 Å². The standard InChI is InChI=1S/C15H23N3O2/c1-3-16-8-7-15-17-13-11-12(20-4-2)5-6-14(13)18(15)9-10-19/h5-6,11,16,19H,3-4,7-10H2,1-2H3. The molecule has 0 unspecified atom stereocenters. The van der Waals surface area contributed by atoms with Gasteiger partial charge in [-0.25, -0.2) is 4.98 Å². The number of fused-ring (bicyclic) bond motifs is 1. The van der Waals surface area contributed by atoms with Crippen LogP contribution >= 0.6 is 0 Å². The summed E-state index contributed by atoms with van der Waals surface area (Å²) in [5, 5.41) is 12.5. The maximum Gasteiger partial charge on any atom is 0.121 e. The minimum atomic E-state index is 0.118. The molecule has 20 heavy (non-hydrogen) atoms. The molecular formula is C15H23N3O2. The van der Waals surface area contributed by atoms with E-state index < -0.39 is 0 Å². The number of hydrogen-bond donors (Lipinski definition) is 2. The van der Waals surface area contributed by atoms with Crippen LogP contribution in [-0.2, 0) is 13.0 Å². The number of nitrogens with zero attached hydrogens (tertiary/aromatic N) is 2. The van der Waals surface area contributed by atoms with Gasteiger partial charge in [0.1, 0.15) is 11.6 Å². The van der Waals surface area contributed by atoms with Crippen molar-refractivity contribution >= 4 is 11.0 Å². The number of ether oxygens (including phenoxy) is 1. The molecule has 0 amide bonds. The fourth-order valence-electron chi connectivity index (χ4n) is 2.33. The van der Waals surface area contributed by atoms with E-state index in [-0.39, 0.29) is 6.61 Å². The first kappa shape index (κ1) is 14.8. The molecule has 2 N–H and O–H groups in total. The molecule has 1 heterocycles. The zero-order valence-electron chi connectivity index (χ0n) is 12.2. The van der Waals surface area contributed by atoms with E-state index in [1.54, 1.807) is 0 Å². The van der Waals surface area contributed by atoms with Crippen LogP contribution in [0.5, 0.6) is 5.75 Å². The third-order valence-electron chi connectivity index (χ3n) is 3.21. The maximum atomic E-state index is 9.24. The van der Waals surface area contributed by atoms with Crippen molar-refractivity contribution in [2.24, 2.45) is 0 Å². The largest absolute Gasteiger partial charge is 0.494 e. The molecule has 5 nitrogen and oxygen atoms in total. The molecule has 0 spiro atoms. The summed E-state index contributed by atoms with van der Waals surface area (Å²) in [5.74, 6) is 1.84. The third kappa shape index (κ3) is 3.29. The normalized spacial score (nSPS) is 11.2. The number of nitrogens with one attached hydrogen (secondary N) is 1. The van der Waals surface area contributed by atoms with Crippen LogP contribution < -0.4 is 10.1 Å². The average molecular weight is 277 g/mol. The van der Waals surface area contributed by atoms with E-state index in [4.69, 9.17) is 4.74 Å². The molecule has 0 saturated carbocycles. The zero-order chi connectivity index (χ0) is 14.4. The Morgan fingerprint density at radius 3 is 2.90 bits per heavy atom. The summed E-state index contributed by atoms with van der Waals surface area (Å²) < 4.78 is 7.60.